The second-order valence-corrected chi connectivity index (χ2v) is 4.71. The summed E-state index contributed by atoms with van der Waals surface area (Å²) >= 11 is 0. The maximum absolute atomic E-state index is 12.6. The van der Waals surface area contributed by atoms with Crippen LogP contribution < -0.4 is 4.74 Å². The van der Waals surface area contributed by atoms with Crippen LogP contribution in [-0.2, 0) is 6.42 Å². The first-order valence-corrected chi connectivity index (χ1v) is 6.42. The number of aryl methyl sites for hydroxylation is 1. The predicted octanol–water partition coefficient (Wildman–Crippen LogP) is 3.00. The van der Waals surface area contributed by atoms with Crippen molar-refractivity contribution < 1.29 is 9.53 Å². The van der Waals surface area contributed by atoms with Gasteiger partial charge in [-0.3, -0.25) is 4.79 Å². The molecule has 3 rings (SSSR count). The van der Waals surface area contributed by atoms with Crippen molar-refractivity contribution in [2.45, 2.75) is 18.8 Å². The van der Waals surface area contributed by atoms with Gasteiger partial charge in [-0.15, -0.1) is 0 Å². The molecule has 19 heavy (non-hydrogen) atoms. The molecule has 1 aromatic heterocycles. The summed E-state index contributed by atoms with van der Waals surface area (Å²) in [4.78, 5) is 16.8. The molecule has 0 spiro atoms. The van der Waals surface area contributed by atoms with Gasteiger partial charge in [0.05, 0.1) is 7.11 Å². The van der Waals surface area contributed by atoms with Crippen LogP contribution in [0.5, 0.6) is 5.75 Å². The molecule has 0 amide bonds. The Balaban J connectivity index is 1.98. The van der Waals surface area contributed by atoms with Gasteiger partial charge in [-0.1, -0.05) is 24.3 Å². The molecule has 96 valence electrons. The Kier molecular flexibility index (Phi) is 3.03. The van der Waals surface area contributed by atoms with E-state index in [9.17, 15) is 4.79 Å². The molecule has 0 saturated heterocycles. The molecule has 0 N–H and O–H groups in total. The average Bonchev–Trinajstić information content (AvgIpc) is 2.90. The van der Waals surface area contributed by atoms with Gasteiger partial charge in [-0.05, 0) is 36.1 Å². The van der Waals surface area contributed by atoms with Crippen LogP contribution in [0.4, 0.5) is 0 Å². The number of carbonyl (C=O) groups excluding carboxylic acids is 1. The van der Waals surface area contributed by atoms with E-state index in [1.165, 1.54) is 5.56 Å². The van der Waals surface area contributed by atoms with E-state index in [1.807, 2.05) is 18.2 Å². The highest BCUT2D eigenvalue weighted by atomic mass is 16.5. The highest BCUT2D eigenvalue weighted by molar-refractivity contribution is 6.02. The number of ketones is 1. The predicted molar refractivity (Wildman–Crippen MR) is 72.6 cm³/mol. The Morgan fingerprint density at radius 1 is 1.26 bits per heavy atom. The molecular formula is C16H15NO2. The third-order valence-corrected chi connectivity index (χ3v) is 3.67. The lowest BCUT2D eigenvalue weighted by atomic mass is 9.94. The molecule has 3 nitrogen and oxygen atoms in total. The van der Waals surface area contributed by atoms with Crippen LogP contribution in [0.25, 0.3) is 0 Å². The Bertz CT molecular complexity index is 622. The number of fused-ring (bicyclic) bond motifs is 1. The first-order chi connectivity index (χ1) is 9.31. The maximum atomic E-state index is 12.6. The van der Waals surface area contributed by atoms with E-state index in [0.29, 0.717) is 11.4 Å². The van der Waals surface area contributed by atoms with E-state index >= 15 is 0 Å². The van der Waals surface area contributed by atoms with Crippen molar-refractivity contribution in [3.63, 3.8) is 0 Å². The van der Waals surface area contributed by atoms with Crippen LogP contribution in [-0.4, -0.2) is 17.9 Å². The van der Waals surface area contributed by atoms with Crippen LogP contribution in [0.1, 0.15) is 34.0 Å². The number of carbonyl (C=O) groups is 1. The fourth-order valence-corrected chi connectivity index (χ4v) is 2.73. The third kappa shape index (κ3) is 2.01. The molecule has 1 aromatic carbocycles. The summed E-state index contributed by atoms with van der Waals surface area (Å²) in [6.45, 7) is 0. The van der Waals surface area contributed by atoms with Crippen molar-refractivity contribution in [1.82, 2.24) is 4.98 Å². The van der Waals surface area contributed by atoms with Gasteiger partial charge < -0.3 is 4.74 Å². The highest BCUT2D eigenvalue weighted by Crippen LogP contribution is 2.36. The van der Waals surface area contributed by atoms with E-state index < -0.39 is 0 Å². The molecular weight excluding hydrogens is 238 g/mol. The van der Waals surface area contributed by atoms with Crippen LogP contribution in [0.2, 0.25) is 0 Å². The lowest BCUT2D eigenvalue weighted by Crippen LogP contribution is -2.13. The fourth-order valence-electron chi connectivity index (χ4n) is 2.73. The molecule has 1 aliphatic carbocycles. The van der Waals surface area contributed by atoms with Crippen LogP contribution in [0, 0.1) is 0 Å². The normalized spacial score (nSPS) is 17.0. The summed E-state index contributed by atoms with van der Waals surface area (Å²) in [6.07, 6.45) is 3.45. The number of hydrogen-bond donors (Lipinski definition) is 0. The van der Waals surface area contributed by atoms with Crippen molar-refractivity contribution in [3.05, 3.63) is 59.4 Å². The van der Waals surface area contributed by atoms with Crippen molar-refractivity contribution in [3.8, 4) is 5.75 Å². The molecule has 1 heterocycles. The van der Waals surface area contributed by atoms with Gasteiger partial charge in [0.1, 0.15) is 11.4 Å². The lowest BCUT2D eigenvalue weighted by Gasteiger charge is -2.12. The molecule has 1 atom stereocenters. The molecule has 2 aromatic rings. The molecule has 1 unspecified atom stereocenters. The summed E-state index contributed by atoms with van der Waals surface area (Å²) in [5.74, 6) is 0.527. The largest absolute Gasteiger partial charge is 0.494 e. The van der Waals surface area contributed by atoms with Gasteiger partial charge in [0.25, 0.3) is 0 Å². The smallest absolute Gasteiger partial charge is 0.192 e. The SMILES string of the molecule is COc1cccnc1C(=O)C1CCc2ccccc21. The van der Waals surface area contributed by atoms with Crippen molar-refractivity contribution in [2.75, 3.05) is 7.11 Å². The summed E-state index contributed by atoms with van der Waals surface area (Å²) in [5, 5.41) is 0. The highest BCUT2D eigenvalue weighted by Gasteiger charge is 2.31. The number of Topliss-reactive ketones (excluding diaryl/α,β-unsaturated/α-hetero) is 1. The van der Waals surface area contributed by atoms with Gasteiger partial charge in [0, 0.05) is 12.1 Å². The minimum absolute atomic E-state index is 0.0578. The van der Waals surface area contributed by atoms with Gasteiger partial charge in [0.2, 0.25) is 0 Å². The lowest BCUT2D eigenvalue weighted by molar-refractivity contribution is 0.0951. The number of aromatic nitrogens is 1. The summed E-state index contributed by atoms with van der Waals surface area (Å²) in [5.41, 5.74) is 2.85. The average molecular weight is 253 g/mol. The number of benzene rings is 1. The van der Waals surface area contributed by atoms with E-state index in [-0.39, 0.29) is 11.7 Å². The zero-order valence-electron chi connectivity index (χ0n) is 10.8. The van der Waals surface area contributed by atoms with Gasteiger partial charge in [0.15, 0.2) is 5.78 Å². The zero-order chi connectivity index (χ0) is 13.2. The van der Waals surface area contributed by atoms with E-state index in [2.05, 4.69) is 11.1 Å². The molecule has 0 saturated carbocycles. The number of hydrogen-bond acceptors (Lipinski definition) is 3. The Morgan fingerprint density at radius 3 is 2.95 bits per heavy atom. The minimum Gasteiger partial charge on any atom is -0.494 e. The minimum atomic E-state index is -0.0833. The van der Waals surface area contributed by atoms with Gasteiger partial charge in [-0.25, -0.2) is 4.98 Å². The number of rotatable bonds is 3. The Hall–Kier alpha value is -2.16. The Labute approximate surface area is 112 Å². The monoisotopic (exact) mass is 253 g/mol. The van der Waals surface area contributed by atoms with E-state index in [0.717, 1.165) is 18.4 Å². The van der Waals surface area contributed by atoms with Crippen LogP contribution in [0.15, 0.2) is 42.6 Å². The molecule has 0 aliphatic heterocycles. The number of nitrogens with zero attached hydrogens (tertiary/aromatic N) is 1. The number of pyridine rings is 1. The standard InChI is InChI=1S/C16H15NO2/c1-19-14-7-4-10-17-15(14)16(18)13-9-8-11-5-2-3-6-12(11)13/h2-7,10,13H,8-9H2,1H3. The fraction of sp³-hybridized carbons (Fsp3) is 0.250. The quantitative estimate of drug-likeness (QED) is 0.789. The van der Waals surface area contributed by atoms with Gasteiger partial charge in [-0.2, -0.15) is 0 Å². The first-order valence-electron chi connectivity index (χ1n) is 6.42. The Morgan fingerprint density at radius 2 is 2.11 bits per heavy atom. The van der Waals surface area contributed by atoms with Crippen molar-refractivity contribution in [1.29, 1.82) is 0 Å². The molecule has 0 radical (unpaired) electrons. The van der Waals surface area contributed by atoms with Crippen LogP contribution in [0.3, 0.4) is 0 Å². The second-order valence-electron chi connectivity index (χ2n) is 4.71. The van der Waals surface area contributed by atoms with Crippen LogP contribution >= 0.6 is 0 Å². The van der Waals surface area contributed by atoms with Gasteiger partial charge >= 0.3 is 0 Å². The van der Waals surface area contributed by atoms with Crippen molar-refractivity contribution in [2.24, 2.45) is 0 Å². The third-order valence-electron chi connectivity index (χ3n) is 3.67. The molecule has 0 bridgehead atoms. The molecule has 1 aliphatic rings. The molecule has 3 heteroatoms. The summed E-state index contributed by atoms with van der Waals surface area (Å²) in [7, 11) is 1.57. The first kappa shape index (κ1) is 11.9. The van der Waals surface area contributed by atoms with E-state index in [4.69, 9.17) is 4.74 Å². The second kappa shape index (κ2) is 4.84. The topological polar surface area (TPSA) is 39.2 Å². The summed E-state index contributed by atoms with van der Waals surface area (Å²) < 4.78 is 5.23. The van der Waals surface area contributed by atoms with E-state index in [1.54, 1.807) is 25.4 Å². The number of methoxy groups -OCH3 is 1. The van der Waals surface area contributed by atoms with Crippen molar-refractivity contribution >= 4 is 5.78 Å². The zero-order valence-corrected chi connectivity index (χ0v) is 10.8. The number of ether oxygens (including phenoxy) is 1. The maximum Gasteiger partial charge on any atom is 0.192 e. The summed E-state index contributed by atoms with van der Waals surface area (Å²) in [6, 6.07) is 11.7. The molecule has 0 fully saturated rings.